The quantitative estimate of drug-likeness (QED) is 0.309. The lowest BCUT2D eigenvalue weighted by Gasteiger charge is -2.34. The van der Waals surface area contributed by atoms with Crippen LogP contribution < -0.4 is 5.32 Å². The fourth-order valence-electron chi connectivity index (χ4n) is 5.36. The molecule has 0 radical (unpaired) electrons. The number of allylic oxidation sites excluding steroid dienone is 1. The van der Waals surface area contributed by atoms with Gasteiger partial charge in [-0.15, -0.1) is 12.3 Å². The molecule has 2 heterocycles. The molecule has 1 amide bonds. The molecule has 2 aromatic rings. The zero-order valence-electron chi connectivity index (χ0n) is 23.8. The van der Waals surface area contributed by atoms with Crippen LogP contribution in [0.2, 0.25) is 0 Å². The third-order valence-electron chi connectivity index (χ3n) is 7.76. The van der Waals surface area contributed by atoms with E-state index in [9.17, 15) is 13.6 Å². The number of likely N-dealkylation sites (tertiary alicyclic amines) is 1. The first kappa shape index (κ1) is 30.2. The second-order valence-corrected chi connectivity index (χ2v) is 10.6. The van der Waals surface area contributed by atoms with Gasteiger partial charge < -0.3 is 10.2 Å². The second-order valence-electron chi connectivity index (χ2n) is 10.6. The molecule has 2 saturated heterocycles. The summed E-state index contributed by atoms with van der Waals surface area (Å²) in [4.78, 5) is 19.6. The van der Waals surface area contributed by atoms with Crippen LogP contribution in [-0.4, -0.2) is 79.5 Å². The number of carbonyl (C=O) groups is 1. The number of amides is 1. The van der Waals surface area contributed by atoms with E-state index in [1.165, 1.54) is 29.8 Å². The van der Waals surface area contributed by atoms with Crippen molar-refractivity contribution in [1.29, 1.82) is 0 Å². The van der Waals surface area contributed by atoms with Gasteiger partial charge in [0.05, 0.1) is 0 Å². The Balaban J connectivity index is 1.24. The van der Waals surface area contributed by atoms with Crippen molar-refractivity contribution in [2.45, 2.75) is 25.7 Å². The number of terminal acetylenes is 1. The Morgan fingerprint density at radius 1 is 0.902 bits per heavy atom. The average Bonchev–Trinajstić information content (AvgIpc) is 2.99. The molecule has 0 aromatic heterocycles. The molecule has 0 unspecified atom stereocenters. The highest BCUT2D eigenvalue weighted by Gasteiger charge is 2.22. The normalized spacial score (nSPS) is 16.5. The van der Waals surface area contributed by atoms with E-state index in [0.29, 0.717) is 19.5 Å². The minimum atomic E-state index is -0.293. The Labute approximate surface area is 243 Å². The van der Waals surface area contributed by atoms with Gasteiger partial charge in [0.25, 0.3) is 0 Å². The summed E-state index contributed by atoms with van der Waals surface area (Å²) in [6.07, 6.45) is 12.0. The molecule has 0 saturated carbocycles. The van der Waals surface area contributed by atoms with Crippen molar-refractivity contribution < 1.29 is 13.6 Å². The lowest BCUT2D eigenvalue weighted by atomic mass is 9.88. The zero-order valence-corrected chi connectivity index (χ0v) is 23.8. The molecular formula is C34H40F2N4O. The fourth-order valence-corrected chi connectivity index (χ4v) is 5.36. The molecular weight excluding hydrogens is 518 g/mol. The molecule has 2 fully saturated rings. The van der Waals surface area contributed by atoms with Crippen molar-refractivity contribution >= 4 is 11.5 Å². The topological polar surface area (TPSA) is 38.8 Å². The summed E-state index contributed by atoms with van der Waals surface area (Å²) in [5.74, 6) is 2.08. The van der Waals surface area contributed by atoms with Crippen molar-refractivity contribution in [3.63, 3.8) is 0 Å². The Kier molecular flexibility index (Phi) is 11.3. The van der Waals surface area contributed by atoms with Gasteiger partial charge in [0.2, 0.25) is 5.91 Å². The largest absolute Gasteiger partial charge is 0.388 e. The van der Waals surface area contributed by atoms with Crippen molar-refractivity contribution in [2.75, 3.05) is 58.9 Å². The van der Waals surface area contributed by atoms with E-state index in [0.717, 1.165) is 87.5 Å². The van der Waals surface area contributed by atoms with Crippen LogP contribution in [0.1, 0.15) is 36.8 Å². The molecule has 5 nitrogen and oxygen atoms in total. The van der Waals surface area contributed by atoms with Crippen LogP contribution in [0.25, 0.3) is 5.57 Å². The monoisotopic (exact) mass is 558 g/mol. The molecule has 7 heteroatoms. The third-order valence-corrected chi connectivity index (χ3v) is 7.76. The number of benzene rings is 2. The number of piperidine rings is 1. The van der Waals surface area contributed by atoms with Gasteiger partial charge in [-0.1, -0.05) is 42.5 Å². The SMILES string of the molecule is C#CCCC(=C)NCCN1CCN(C/C=C/C(=O)N2CCC(=C(c3ccc(F)cc3)c3ccc(F)cc3)CC2)CC1. The summed E-state index contributed by atoms with van der Waals surface area (Å²) < 4.78 is 27.2. The van der Waals surface area contributed by atoms with Crippen molar-refractivity contribution in [3.05, 3.63) is 101 Å². The Morgan fingerprint density at radius 3 is 2.02 bits per heavy atom. The highest BCUT2D eigenvalue weighted by molar-refractivity contribution is 5.88. The van der Waals surface area contributed by atoms with Crippen molar-refractivity contribution in [3.8, 4) is 12.3 Å². The standard InChI is InChI=1S/C34H40F2N4O/c1-3-4-6-27(2)37-18-22-39-25-23-38(24-26-39)19-5-7-33(41)40-20-16-30(17-21-40)34(28-8-12-31(35)13-9-28)29-10-14-32(36)15-11-29/h1,5,7-15,37H,2,4,6,16-26H2/b7-5+. The van der Waals surface area contributed by atoms with Gasteiger partial charge in [0, 0.05) is 77.1 Å². The molecule has 0 spiro atoms. The summed E-state index contributed by atoms with van der Waals surface area (Å²) in [5, 5.41) is 3.35. The minimum Gasteiger partial charge on any atom is -0.388 e. The van der Waals surface area contributed by atoms with Gasteiger partial charge >= 0.3 is 0 Å². The molecule has 41 heavy (non-hydrogen) atoms. The number of rotatable bonds is 11. The van der Waals surface area contributed by atoms with E-state index in [4.69, 9.17) is 6.42 Å². The van der Waals surface area contributed by atoms with Gasteiger partial charge in [0.15, 0.2) is 0 Å². The number of hydrogen-bond donors (Lipinski definition) is 1. The van der Waals surface area contributed by atoms with Crippen LogP contribution in [0.15, 0.2) is 78.5 Å². The molecule has 0 aliphatic carbocycles. The highest BCUT2D eigenvalue weighted by atomic mass is 19.1. The number of hydrogen-bond acceptors (Lipinski definition) is 4. The van der Waals surface area contributed by atoms with E-state index in [-0.39, 0.29) is 17.5 Å². The van der Waals surface area contributed by atoms with Gasteiger partial charge in [-0.2, -0.15) is 0 Å². The Hall–Kier alpha value is -3.73. The van der Waals surface area contributed by atoms with Crippen LogP contribution in [0.5, 0.6) is 0 Å². The maximum absolute atomic E-state index is 13.6. The number of nitrogens with one attached hydrogen (secondary N) is 1. The third kappa shape index (κ3) is 9.14. The lowest BCUT2D eigenvalue weighted by Crippen LogP contribution is -2.48. The summed E-state index contributed by atoms with van der Waals surface area (Å²) in [6.45, 7) is 11.8. The molecule has 2 aliphatic heterocycles. The van der Waals surface area contributed by atoms with Gasteiger partial charge in [-0.25, -0.2) is 8.78 Å². The van der Waals surface area contributed by atoms with Crippen LogP contribution in [0.3, 0.4) is 0 Å². The molecule has 0 atom stereocenters. The van der Waals surface area contributed by atoms with Crippen LogP contribution in [0.4, 0.5) is 8.78 Å². The number of carbonyl (C=O) groups excluding carboxylic acids is 1. The van der Waals surface area contributed by atoms with Gasteiger partial charge in [-0.05, 0) is 60.2 Å². The first-order chi connectivity index (χ1) is 19.9. The smallest absolute Gasteiger partial charge is 0.246 e. The average molecular weight is 559 g/mol. The minimum absolute atomic E-state index is 0.0314. The van der Waals surface area contributed by atoms with Crippen LogP contribution >= 0.6 is 0 Å². The summed E-state index contributed by atoms with van der Waals surface area (Å²) in [7, 11) is 0. The maximum Gasteiger partial charge on any atom is 0.246 e. The molecule has 2 aliphatic rings. The predicted octanol–water partition coefficient (Wildman–Crippen LogP) is 5.08. The van der Waals surface area contributed by atoms with E-state index in [1.54, 1.807) is 30.3 Å². The highest BCUT2D eigenvalue weighted by Crippen LogP contribution is 2.32. The van der Waals surface area contributed by atoms with E-state index >= 15 is 0 Å². The van der Waals surface area contributed by atoms with Crippen LogP contribution in [-0.2, 0) is 4.79 Å². The number of nitrogens with zero attached hydrogens (tertiary/aromatic N) is 3. The lowest BCUT2D eigenvalue weighted by molar-refractivity contribution is -0.126. The van der Waals surface area contributed by atoms with Crippen LogP contribution in [0, 0.1) is 24.0 Å². The first-order valence-corrected chi connectivity index (χ1v) is 14.4. The van der Waals surface area contributed by atoms with Gasteiger partial charge in [0.1, 0.15) is 11.6 Å². The Bertz CT molecular complexity index is 1210. The molecule has 4 rings (SSSR count). The number of halogens is 2. The van der Waals surface area contributed by atoms with Gasteiger partial charge in [-0.3, -0.25) is 14.6 Å². The van der Waals surface area contributed by atoms with E-state index in [1.807, 2.05) is 11.0 Å². The first-order valence-electron chi connectivity index (χ1n) is 14.4. The summed E-state index contributed by atoms with van der Waals surface area (Å²) in [5.41, 5.74) is 4.99. The Morgan fingerprint density at radius 2 is 1.46 bits per heavy atom. The molecule has 1 N–H and O–H groups in total. The summed E-state index contributed by atoms with van der Waals surface area (Å²) in [6, 6.07) is 12.8. The fraction of sp³-hybridized carbons (Fsp3) is 0.382. The zero-order chi connectivity index (χ0) is 29.0. The van der Waals surface area contributed by atoms with E-state index < -0.39 is 0 Å². The van der Waals surface area contributed by atoms with E-state index in [2.05, 4.69) is 27.6 Å². The molecule has 216 valence electrons. The second kappa shape index (κ2) is 15.3. The predicted molar refractivity (Wildman–Crippen MR) is 162 cm³/mol. The molecule has 2 aromatic carbocycles. The maximum atomic E-state index is 13.6. The summed E-state index contributed by atoms with van der Waals surface area (Å²) >= 11 is 0. The number of piperazine rings is 1. The van der Waals surface area contributed by atoms with Crippen molar-refractivity contribution in [1.82, 2.24) is 20.0 Å². The molecule has 0 bridgehead atoms. The van der Waals surface area contributed by atoms with Crippen molar-refractivity contribution in [2.24, 2.45) is 0 Å².